The highest BCUT2D eigenvalue weighted by atomic mass is 35.5. The zero-order valence-electron chi connectivity index (χ0n) is 11.5. The summed E-state index contributed by atoms with van der Waals surface area (Å²) in [5.41, 5.74) is 3.29. The molecule has 1 aromatic carbocycles. The van der Waals surface area contributed by atoms with Gasteiger partial charge in [0.1, 0.15) is 0 Å². The summed E-state index contributed by atoms with van der Waals surface area (Å²) in [6.07, 6.45) is 0.944. The van der Waals surface area contributed by atoms with E-state index in [9.17, 15) is 9.59 Å². The van der Waals surface area contributed by atoms with Gasteiger partial charge in [0.05, 0.1) is 12.1 Å². The largest absolute Gasteiger partial charge is 0.311 e. The molecule has 0 aliphatic heterocycles. The van der Waals surface area contributed by atoms with Crippen molar-refractivity contribution in [1.29, 1.82) is 0 Å². The minimum Gasteiger partial charge on any atom is -0.311 e. The molecule has 2 aromatic rings. The van der Waals surface area contributed by atoms with E-state index in [1.165, 1.54) is 5.56 Å². The summed E-state index contributed by atoms with van der Waals surface area (Å²) in [6.45, 7) is 2.10. The second-order valence-electron chi connectivity index (χ2n) is 4.69. The molecule has 0 aliphatic carbocycles. The van der Waals surface area contributed by atoms with Gasteiger partial charge in [-0.2, -0.15) is 0 Å². The third-order valence-corrected chi connectivity index (χ3v) is 3.50. The van der Waals surface area contributed by atoms with Gasteiger partial charge >= 0.3 is 0 Å². The molecule has 20 heavy (non-hydrogen) atoms. The van der Waals surface area contributed by atoms with E-state index in [2.05, 4.69) is 19.1 Å². The lowest BCUT2D eigenvalue weighted by Gasteiger charge is -2.10. The predicted molar refractivity (Wildman–Crippen MR) is 81.1 cm³/mol. The molecule has 0 saturated carbocycles. The third kappa shape index (κ3) is 2.99. The number of hydrogen-bond donors (Lipinski definition) is 0. The van der Waals surface area contributed by atoms with Crippen molar-refractivity contribution in [3.63, 3.8) is 0 Å². The van der Waals surface area contributed by atoms with E-state index in [1.807, 2.05) is 18.2 Å². The minimum atomic E-state index is -0.526. The van der Waals surface area contributed by atoms with Crippen LogP contribution in [0.15, 0.2) is 41.2 Å². The maximum absolute atomic E-state index is 12.2. The number of hydrogen-bond acceptors (Lipinski definition) is 2. The molecule has 0 fully saturated rings. The molecular weight excluding hydrogens is 274 g/mol. The van der Waals surface area contributed by atoms with Crippen molar-refractivity contribution < 1.29 is 4.79 Å². The van der Waals surface area contributed by atoms with Crippen LogP contribution in [0.2, 0.25) is 0 Å². The quantitative estimate of drug-likeness (QED) is 0.812. The molecule has 0 saturated heterocycles. The number of halogens is 1. The zero-order valence-corrected chi connectivity index (χ0v) is 12.3. The van der Waals surface area contributed by atoms with Crippen LogP contribution in [0, 0.1) is 0 Å². The average molecular weight is 290 g/mol. The van der Waals surface area contributed by atoms with Crippen LogP contribution in [-0.4, -0.2) is 9.81 Å². The average Bonchev–Trinajstić information content (AvgIpc) is 2.44. The van der Waals surface area contributed by atoms with Gasteiger partial charge in [0.2, 0.25) is 5.24 Å². The summed E-state index contributed by atoms with van der Waals surface area (Å²) >= 11 is 5.34. The van der Waals surface area contributed by atoms with Crippen molar-refractivity contribution in [2.75, 3.05) is 0 Å². The Bertz CT molecular complexity index is 687. The monoisotopic (exact) mass is 289 g/mol. The van der Waals surface area contributed by atoms with Crippen molar-refractivity contribution in [1.82, 2.24) is 4.57 Å². The van der Waals surface area contributed by atoms with Gasteiger partial charge in [-0.3, -0.25) is 9.59 Å². The van der Waals surface area contributed by atoms with E-state index in [0.717, 1.165) is 17.7 Å². The van der Waals surface area contributed by atoms with Gasteiger partial charge in [-0.25, -0.2) is 0 Å². The Morgan fingerprint density at radius 3 is 2.35 bits per heavy atom. The first kappa shape index (κ1) is 14.5. The molecule has 0 bridgehead atoms. The van der Waals surface area contributed by atoms with Crippen molar-refractivity contribution in [2.24, 2.45) is 7.05 Å². The molecule has 4 heteroatoms. The fraction of sp³-hybridized carbons (Fsp3) is 0.250. The zero-order chi connectivity index (χ0) is 14.7. The summed E-state index contributed by atoms with van der Waals surface area (Å²) in [6, 6.07) is 11.6. The lowest BCUT2D eigenvalue weighted by Crippen LogP contribution is -2.23. The number of aromatic nitrogens is 1. The normalized spacial score (nSPS) is 10.6. The Morgan fingerprint density at radius 2 is 1.80 bits per heavy atom. The molecule has 0 radical (unpaired) electrons. The van der Waals surface area contributed by atoms with E-state index >= 15 is 0 Å². The highest BCUT2D eigenvalue weighted by molar-refractivity contribution is 6.63. The van der Waals surface area contributed by atoms with Gasteiger partial charge in [0.25, 0.3) is 5.56 Å². The third-order valence-electron chi connectivity index (χ3n) is 3.37. The van der Waals surface area contributed by atoms with Crippen molar-refractivity contribution in [3.05, 3.63) is 57.9 Å². The Kier molecular flexibility index (Phi) is 4.40. The fourth-order valence-electron chi connectivity index (χ4n) is 2.17. The second-order valence-corrected chi connectivity index (χ2v) is 5.11. The van der Waals surface area contributed by atoms with Crippen LogP contribution >= 0.6 is 11.6 Å². The Morgan fingerprint density at radius 1 is 1.15 bits per heavy atom. The van der Waals surface area contributed by atoms with E-state index < -0.39 is 5.24 Å². The molecule has 0 unspecified atom stereocenters. The van der Waals surface area contributed by atoms with Crippen molar-refractivity contribution in [2.45, 2.75) is 19.8 Å². The first-order chi connectivity index (χ1) is 9.52. The second kappa shape index (κ2) is 6.06. The lowest BCUT2D eigenvalue weighted by molar-refractivity contribution is -0.111. The molecule has 104 valence electrons. The highest BCUT2D eigenvalue weighted by Crippen LogP contribution is 2.18. The Labute approximate surface area is 122 Å². The van der Waals surface area contributed by atoms with Gasteiger partial charge < -0.3 is 4.57 Å². The first-order valence-corrected chi connectivity index (χ1v) is 6.87. The molecule has 0 N–H and O–H groups in total. The van der Waals surface area contributed by atoms with Gasteiger partial charge in [0, 0.05) is 12.6 Å². The fourth-order valence-corrected chi connectivity index (χ4v) is 2.32. The highest BCUT2D eigenvalue weighted by Gasteiger charge is 2.09. The molecule has 1 aromatic heterocycles. The first-order valence-electron chi connectivity index (χ1n) is 6.49. The molecule has 0 amide bonds. The molecule has 2 rings (SSSR count). The summed E-state index contributed by atoms with van der Waals surface area (Å²) in [4.78, 5) is 23.1. The smallest absolute Gasteiger partial charge is 0.254 e. The van der Waals surface area contributed by atoms with Crippen LogP contribution in [0.1, 0.15) is 18.1 Å². The predicted octanol–water partition coefficient (Wildman–Crippen LogP) is 2.92. The van der Waals surface area contributed by atoms with Crippen LogP contribution in [0.4, 0.5) is 0 Å². The van der Waals surface area contributed by atoms with Crippen LogP contribution < -0.4 is 5.56 Å². The van der Waals surface area contributed by atoms with Gasteiger partial charge in [0.15, 0.2) is 0 Å². The van der Waals surface area contributed by atoms with Gasteiger partial charge in [-0.05, 0) is 35.2 Å². The summed E-state index contributed by atoms with van der Waals surface area (Å²) in [5, 5.41) is -0.526. The van der Waals surface area contributed by atoms with Gasteiger partial charge in [-0.1, -0.05) is 37.3 Å². The number of nitrogens with zero attached hydrogens (tertiary/aromatic N) is 1. The maximum atomic E-state index is 12.2. The standard InChI is InChI=1S/C16H16ClNO2/c1-3-11-4-6-12(7-5-11)14-9-8-13(10-15(17)19)16(20)18(14)2/h4-9H,3,10H2,1-2H3. The van der Waals surface area contributed by atoms with Crippen molar-refractivity contribution in [3.8, 4) is 11.3 Å². The van der Waals surface area contributed by atoms with Gasteiger partial charge in [-0.15, -0.1) is 0 Å². The lowest BCUT2D eigenvalue weighted by atomic mass is 10.1. The molecule has 1 heterocycles. The van der Waals surface area contributed by atoms with E-state index in [1.54, 1.807) is 17.7 Å². The van der Waals surface area contributed by atoms with Crippen LogP contribution in [0.5, 0.6) is 0 Å². The summed E-state index contributed by atoms with van der Waals surface area (Å²) in [5.74, 6) is 0. The summed E-state index contributed by atoms with van der Waals surface area (Å²) in [7, 11) is 1.70. The molecule has 3 nitrogen and oxygen atoms in total. The minimum absolute atomic E-state index is 0.0384. The number of carbonyl (C=O) groups is 1. The van der Waals surface area contributed by atoms with E-state index in [-0.39, 0.29) is 12.0 Å². The number of aryl methyl sites for hydroxylation is 1. The molecule has 0 atom stereocenters. The molecule has 0 spiro atoms. The van der Waals surface area contributed by atoms with Crippen molar-refractivity contribution >= 4 is 16.8 Å². The summed E-state index contributed by atoms with van der Waals surface area (Å²) < 4.78 is 1.55. The van der Waals surface area contributed by atoms with Crippen LogP contribution in [-0.2, 0) is 24.7 Å². The number of pyridine rings is 1. The number of benzene rings is 1. The van der Waals surface area contributed by atoms with Crippen LogP contribution in [0.25, 0.3) is 11.3 Å². The number of rotatable bonds is 4. The maximum Gasteiger partial charge on any atom is 0.254 e. The van der Waals surface area contributed by atoms with Crippen LogP contribution in [0.3, 0.4) is 0 Å². The SMILES string of the molecule is CCc1ccc(-c2ccc(CC(=O)Cl)c(=O)n2C)cc1. The van der Waals surface area contributed by atoms with E-state index in [0.29, 0.717) is 5.56 Å². The Hall–Kier alpha value is -1.87. The Balaban J connectivity index is 2.45. The molecule has 0 aliphatic rings. The topological polar surface area (TPSA) is 39.1 Å². The molecular formula is C16H16ClNO2. The number of carbonyl (C=O) groups excluding carboxylic acids is 1. The van der Waals surface area contributed by atoms with E-state index in [4.69, 9.17) is 11.6 Å².